The fraction of sp³-hybridized carbons (Fsp3) is 0.333. The Hall–Kier alpha value is -2.17. The third kappa shape index (κ3) is 4.91. The number of amidine groups is 1. The van der Waals surface area contributed by atoms with Crippen molar-refractivity contribution >= 4 is 23.4 Å². The van der Waals surface area contributed by atoms with Gasteiger partial charge in [-0.2, -0.15) is 26.3 Å². The monoisotopic (exact) mass is 378 g/mol. The highest BCUT2D eigenvalue weighted by atomic mass is 35.5. The van der Waals surface area contributed by atoms with Crippen molar-refractivity contribution in [3.05, 3.63) is 28.8 Å². The number of halogens is 7. The molecule has 5 nitrogen and oxygen atoms in total. The molecule has 12 heteroatoms. The van der Waals surface area contributed by atoms with Crippen molar-refractivity contribution in [3.8, 4) is 5.75 Å². The van der Waals surface area contributed by atoms with E-state index in [1.54, 1.807) is 0 Å². The number of nitrogens with two attached hydrogens (primary N) is 1. The highest BCUT2D eigenvalue weighted by molar-refractivity contribution is 6.31. The first kappa shape index (κ1) is 19.9. The van der Waals surface area contributed by atoms with E-state index in [4.69, 9.17) is 22.1 Å². The maximum atomic E-state index is 12.3. The van der Waals surface area contributed by atoms with Crippen molar-refractivity contribution in [1.82, 2.24) is 0 Å². The lowest BCUT2D eigenvalue weighted by molar-refractivity contribution is -0.282. The van der Waals surface area contributed by atoms with Crippen LogP contribution >= 0.6 is 11.6 Å². The zero-order valence-corrected chi connectivity index (χ0v) is 12.5. The first-order valence-corrected chi connectivity index (χ1v) is 6.27. The topological polar surface area (TPSA) is 73.9 Å². The lowest BCUT2D eigenvalue weighted by atomic mass is 10.1. The first-order chi connectivity index (χ1) is 10.9. The Bertz CT molecular complexity index is 631. The zero-order chi connectivity index (χ0) is 18.7. The predicted molar refractivity (Wildman–Crippen MR) is 70.4 cm³/mol. The Morgan fingerprint density at radius 2 is 1.75 bits per heavy atom. The van der Waals surface area contributed by atoms with Gasteiger partial charge in [-0.1, -0.05) is 16.8 Å². The number of alkyl halides is 6. The molecule has 0 bridgehead atoms. The summed E-state index contributed by atoms with van der Waals surface area (Å²) in [6, 6.07) is 3.86. The van der Waals surface area contributed by atoms with E-state index in [0.29, 0.717) is 0 Å². The van der Waals surface area contributed by atoms with Crippen LogP contribution in [-0.2, 0) is 9.63 Å². The van der Waals surface area contributed by atoms with E-state index in [9.17, 15) is 31.1 Å². The van der Waals surface area contributed by atoms with Crippen molar-refractivity contribution in [2.75, 3.05) is 7.11 Å². The summed E-state index contributed by atoms with van der Waals surface area (Å²) in [5, 5.41) is 2.92. The maximum Gasteiger partial charge on any atom is 0.411 e. The molecule has 0 atom stereocenters. The van der Waals surface area contributed by atoms with E-state index in [-0.39, 0.29) is 16.3 Å². The number of hydrogen-bond donors (Lipinski definition) is 1. The van der Waals surface area contributed by atoms with Crippen LogP contribution in [-0.4, -0.2) is 31.3 Å². The number of oxime groups is 1. The van der Waals surface area contributed by atoms with Gasteiger partial charge in [0.05, 0.1) is 12.7 Å². The Labute approximate surface area is 135 Å². The second kappa shape index (κ2) is 7.16. The van der Waals surface area contributed by atoms with Gasteiger partial charge in [0.25, 0.3) is 0 Å². The Morgan fingerprint density at radius 3 is 2.21 bits per heavy atom. The molecule has 0 aliphatic rings. The molecule has 0 heterocycles. The third-order valence-corrected chi connectivity index (χ3v) is 2.80. The smallest absolute Gasteiger partial charge is 0.411 e. The van der Waals surface area contributed by atoms with Gasteiger partial charge < -0.3 is 15.3 Å². The van der Waals surface area contributed by atoms with E-state index in [1.807, 2.05) is 0 Å². The highest BCUT2D eigenvalue weighted by Crippen LogP contribution is 2.40. The largest absolute Gasteiger partial charge is 0.496 e. The van der Waals surface area contributed by atoms with E-state index >= 15 is 0 Å². The lowest BCUT2D eigenvalue weighted by Crippen LogP contribution is -2.43. The number of ether oxygens (including phenoxy) is 1. The highest BCUT2D eigenvalue weighted by Gasteiger charge is 2.62. The SMILES string of the molecule is COc1ccc(Cl)cc1/C(N)=N/OC(=O)C(C(F)(F)F)C(F)(F)F. The molecule has 24 heavy (non-hydrogen) atoms. The molecule has 134 valence electrons. The molecule has 0 spiro atoms. The van der Waals surface area contributed by atoms with Gasteiger partial charge in [0, 0.05) is 5.02 Å². The number of benzene rings is 1. The van der Waals surface area contributed by atoms with Crippen molar-refractivity contribution in [2.24, 2.45) is 16.8 Å². The number of nitrogens with zero attached hydrogens (tertiary/aromatic N) is 1. The minimum atomic E-state index is -5.90. The third-order valence-electron chi connectivity index (χ3n) is 2.56. The molecule has 0 radical (unpaired) electrons. The summed E-state index contributed by atoms with van der Waals surface area (Å²) in [7, 11) is 1.22. The molecule has 0 fully saturated rings. The van der Waals surface area contributed by atoms with Crippen LogP contribution in [0.3, 0.4) is 0 Å². The summed E-state index contributed by atoms with van der Waals surface area (Å²) in [5.41, 5.74) is 5.29. The second-order valence-corrected chi connectivity index (χ2v) is 4.68. The van der Waals surface area contributed by atoms with E-state index < -0.39 is 30.1 Å². The molecule has 0 saturated heterocycles. The average Bonchev–Trinajstić information content (AvgIpc) is 2.41. The van der Waals surface area contributed by atoms with Gasteiger partial charge in [-0.3, -0.25) is 0 Å². The minimum Gasteiger partial charge on any atom is -0.496 e. The van der Waals surface area contributed by atoms with Crippen LogP contribution in [0.15, 0.2) is 23.4 Å². The number of methoxy groups -OCH3 is 1. The molecular weight excluding hydrogens is 370 g/mol. The van der Waals surface area contributed by atoms with Crippen LogP contribution in [0.5, 0.6) is 5.75 Å². The zero-order valence-electron chi connectivity index (χ0n) is 11.7. The summed E-state index contributed by atoms with van der Waals surface area (Å²) in [6.45, 7) is 0. The van der Waals surface area contributed by atoms with Crippen LogP contribution in [0.1, 0.15) is 5.56 Å². The number of carbonyl (C=O) groups excluding carboxylic acids is 1. The van der Waals surface area contributed by atoms with Crippen molar-refractivity contribution < 1.29 is 40.7 Å². The van der Waals surface area contributed by atoms with Crippen molar-refractivity contribution in [2.45, 2.75) is 12.4 Å². The molecular formula is C12H9ClF6N2O3. The Kier molecular flexibility index (Phi) is 5.93. The molecule has 1 rings (SSSR count). The quantitative estimate of drug-likeness (QED) is 0.287. The molecule has 0 amide bonds. The average molecular weight is 379 g/mol. The van der Waals surface area contributed by atoms with Gasteiger partial charge in [-0.15, -0.1) is 0 Å². The molecule has 0 aliphatic heterocycles. The van der Waals surface area contributed by atoms with E-state index in [0.717, 1.165) is 6.07 Å². The number of carbonyl (C=O) groups is 1. The van der Waals surface area contributed by atoms with Gasteiger partial charge in [-0.05, 0) is 18.2 Å². The molecule has 0 aromatic heterocycles. The number of hydrogen-bond acceptors (Lipinski definition) is 4. The second-order valence-electron chi connectivity index (χ2n) is 4.25. The van der Waals surface area contributed by atoms with Gasteiger partial charge in [0.1, 0.15) is 5.75 Å². The maximum absolute atomic E-state index is 12.3. The summed E-state index contributed by atoms with van der Waals surface area (Å²) < 4.78 is 78.9. The van der Waals surface area contributed by atoms with Crippen LogP contribution in [0.2, 0.25) is 5.02 Å². The summed E-state index contributed by atoms with van der Waals surface area (Å²) >= 11 is 5.68. The summed E-state index contributed by atoms with van der Waals surface area (Å²) in [5.74, 6) is -7.66. The molecule has 1 aromatic carbocycles. The van der Waals surface area contributed by atoms with Gasteiger partial charge >= 0.3 is 18.3 Å². The van der Waals surface area contributed by atoms with Crippen LogP contribution in [0.25, 0.3) is 0 Å². The van der Waals surface area contributed by atoms with Crippen LogP contribution in [0, 0.1) is 5.92 Å². The Balaban J connectivity index is 3.07. The molecule has 2 N–H and O–H groups in total. The van der Waals surface area contributed by atoms with Gasteiger partial charge in [-0.25, -0.2) is 4.79 Å². The summed E-state index contributed by atoms with van der Waals surface area (Å²) in [4.78, 5) is 14.8. The van der Waals surface area contributed by atoms with Crippen LogP contribution < -0.4 is 10.5 Å². The van der Waals surface area contributed by atoms with E-state index in [1.165, 1.54) is 19.2 Å². The first-order valence-electron chi connectivity index (χ1n) is 5.89. The predicted octanol–water partition coefficient (Wildman–Crippen LogP) is 3.25. The van der Waals surface area contributed by atoms with Crippen LogP contribution in [0.4, 0.5) is 26.3 Å². The Morgan fingerprint density at radius 1 is 1.21 bits per heavy atom. The summed E-state index contributed by atoms with van der Waals surface area (Å²) in [6.07, 6.45) is -11.8. The normalized spacial score (nSPS) is 13.1. The molecule has 0 aliphatic carbocycles. The lowest BCUT2D eigenvalue weighted by Gasteiger charge is -2.19. The molecule has 0 unspecified atom stereocenters. The fourth-order valence-electron chi connectivity index (χ4n) is 1.53. The fourth-order valence-corrected chi connectivity index (χ4v) is 1.70. The number of rotatable bonds is 4. The van der Waals surface area contributed by atoms with E-state index in [2.05, 4.69) is 9.99 Å². The standard InChI is InChI=1S/C12H9ClF6N2O3/c1-23-7-3-2-5(13)4-6(7)9(20)21-24-10(22)8(11(14,15)16)12(17,18)19/h2-4,8H,1H3,(H2,20,21). The van der Waals surface area contributed by atoms with Crippen molar-refractivity contribution in [1.29, 1.82) is 0 Å². The minimum absolute atomic E-state index is 0.0555. The molecule has 1 aromatic rings. The van der Waals surface area contributed by atoms with Gasteiger partial charge in [0.15, 0.2) is 5.84 Å². The van der Waals surface area contributed by atoms with Crippen molar-refractivity contribution in [3.63, 3.8) is 0 Å². The van der Waals surface area contributed by atoms with Gasteiger partial charge in [0.2, 0.25) is 5.92 Å². The molecule has 0 saturated carbocycles.